The van der Waals surface area contributed by atoms with Crippen LogP contribution in [-0.4, -0.2) is 32.1 Å². The number of hydrogen-bond donors (Lipinski definition) is 1. The number of rotatable bonds is 6. The predicted octanol–water partition coefficient (Wildman–Crippen LogP) is 2.79. The average molecular weight is 262 g/mol. The van der Waals surface area contributed by atoms with Gasteiger partial charge in [-0.3, -0.25) is 0 Å². The third kappa shape index (κ3) is 4.22. The van der Waals surface area contributed by atoms with Crippen LogP contribution in [0.4, 0.5) is 0 Å². The fourth-order valence-electron chi connectivity index (χ4n) is 2.78. The van der Waals surface area contributed by atoms with Crippen LogP contribution in [0.5, 0.6) is 5.75 Å². The fourth-order valence-corrected chi connectivity index (χ4v) is 2.78. The lowest BCUT2D eigenvalue weighted by atomic mass is 10.1. The van der Waals surface area contributed by atoms with Gasteiger partial charge in [0.05, 0.1) is 7.11 Å². The molecule has 0 aromatic heterocycles. The maximum absolute atomic E-state index is 5.52. The second kappa shape index (κ2) is 6.92. The van der Waals surface area contributed by atoms with Crippen molar-refractivity contribution in [2.75, 3.05) is 21.2 Å². The molecule has 1 aromatic rings. The van der Waals surface area contributed by atoms with Crippen LogP contribution < -0.4 is 10.1 Å². The van der Waals surface area contributed by atoms with E-state index >= 15 is 0 Å². The standard InChI is InChI=1S/C16H26N2O/c1-18(2)12-13-8-9-14(16(10-13)19-3)11-17-15-6-4-5-7-15/h8-10,15,17H,4-7,11-12H2,1-3H3. The first-order valence-corrected chi connectivity index (χ1v) is 7.23. The molecule has 3 heteroatoms. The van der Waals surface area contributed by atoms with Gasteiger partial charge in [-0.25, -0.2) is 0 Å². The van der Waals surface area contributed by atoms with Crippen LogP contribution in [-0.2, 0) is 13.1 Å². The summed E-state index contributed by atoms with van der Waals surface area (Å²) in [5.41, 5.74) is 2.56. The van der Waals surface area contributed by atoms with E-state index in [9.17, 15) is 0 Å². The highest BCUT2D eigenvalue weighted by molar-refractivity contribution is 5.37. The van der Waals surface area contributed by atoms with Crippen molar-refractivity contribution in [3.63, 3.8) is 0 Å². The predicted molar refractivity (Wildman–Crippen MR) is 79.5 cm³/mol. The molecule has 1 N–H and O–H groups in total. The van der Waals surface area contributed by atoms with Gasteiger partial charge in [0.25, 0.3) is 0 Å². The van der Waals surface area contributed by atoms with Crippen molar-refractivity contribution in [3.05, 3.63) is 29.3 Å². The molecule has 0 bridgehead atoms. The van der Waals surface area contributed by atoms with Crippen molar-refractivity contribution in [1.29, 1.82) is 0 Å². The molecule has 1 aromatic carbocycles. The van der Waals surface area contributed by atoms with E-state index in [-0.39, 0.29) is 0 Å². The Balaban J connectivity index is 1.98. The summed E-state index contributed by atoms with van der Waals surface area (Å²) >= 11 is 0. The summed E-state index contributed by atoms with van der Waals surface area (Å²) in [5, 5.41) is 3.64. The monoisotopic (exact) mass is 262 g/mol. The topological polar surface area (TPSA) is 24.5 Å². The first-order valence-electron chi connectivity index (χ1n) is 7.23. The minimum atomic E-state index is 0.700. The Bertz CT molecular complexity index is 398. The Morgan fingerprint density at radius 1 is 1.26 bits per heavy atom. The van der Waals surface area contributed by atoms with Gasteiger partial charge in [0.1, 0.15) is 5.75 Å². The van der Waals surface area contributed by atoms with Gasteiger partial charge in [-0.2, -0.15) is 0 Å². The zero-order valence-electron chi connectivity index (χ0n) is 12.4. The van der Waals surface area contributed by atoms with Crippen molar-refractivity contribution >= 4 is 0 Å². The molecule has 0 aliphatic heterocycles. The van der Waals surface area contributed by atoms with Gasteiger partial charge >= 0.3 is 0 Å². The molecule has 2 rings (SSSR count). The SMILES string of the molecule is COc1cc(CN(C)C)ccc1CNC1CCCC1. The summed E-state index contributed by atoms with van der Waals surface area (Å²) in [5.74, 6) is 1.00. The molecule has 1 fully saturated rings. The Morgan fingerprint density at radius 3 is 2.63 bits per heavy atom. The lowest BCUT2D eigenvalue weighted by Crippen LogP contribution is -2.25. The molecule has 3 nitrogen and oxygen atoms in total. The van der Waals surface area contributed by atoms with E-state index in [4.69, 9.17) is 4.74 Å². The molecule has 106 valence electrons. The molecule has 1 aliphatic rings. The lowest BCUT2D eigenvalue weighted by molar-refractivity contribution is 0.391. The van der Waals surface area contributed by atoms with E-state index in [0.29, 0.717) is 6.04 Å². The zero-order valence-corrected chi connectivity index (χ0v) is 12.4. The van der Waals surface area contributed by atoms with Crippen LogP contribution in [0.3, 0.4) is 0 Å². The van der Waals surface area contributed by atoms with Gasteiger partial charge in [0, 0.05) is 24.7 Å². The highest BCUT2D eigenvalue weighted by Crippen LogP contribution is 2.23. The van der Waals surface area contributed by atoms with Crippen molar-refractivity contribution in [2.24, 2.45) is 0 Å². The molecule has 0 unspecified atom stereocenters. The molecular formula is C16H26N2O. The molecule has 19 heavy (non-hydrogen) atoms. The second-order valence-electron chi connectivity index (χ2n) is 5.75. The van der Waals surface area contributed by atoms with Crippen LogP contribution in [0.15, 0.2) is 18.2 Å². The summed E-state index contributed by atoms with van der Waals surface area (Å²) in [4.78, 5) is 2.17. The highest BCUT2D eigenvalue weighted by atomic mass is 16.5. The van der Waals surface area contributed by atoms with Crippen molar-refractivity contribution in [1.82, 2.24) is 10.2 Å². The molecular weight excluding hydrogens is 236 g/mol. The Labute approximate surface area is 116 Å². The average Bonchev–Trinajstić information content (AvgIpc) is 2.89. The van der Waals surface area contributed by atoms with Gasteiger partial charge in [-0.15, -0.1) is 0 Å². The number of nitrogens with zero attached hydrogens (tertiary/aromatic N) is 1. The van der Waals surface area contributed by atoms with Crippen molar-refractivity contribution < 1.29 is 4.74 Å². The summed E-state index contributed by atoms with van der Waals surface area (Å²) in [6.45, 7) is 1.86. The Hall–Kier alpha value is -1.06. The van der Waals surface area contributed by atoms with E-state index in [2.05, 4.69) is 42.5 Å². The quantitative estimate of drug-likeness (QED) is 0.853. The molecule has 0 spiro atoms. The van der Waals surface area contributed by atoms with Gasteiger partial charge in [-0.05, 0) is 38.6 Å². The molecule has 0 saturated heterocycles. The third-order valence-corrected chi connectivity index (χ3v) is 3.79. The first-order chi connectivity index (χ1) is 9.19. The number of nitrogens with one attached hydrogen (secondary N) is 1. The number of methoxy groups -OCH3 is 1. The van der Waals surface area contributed by atoms with Crippen LogP contribution in [0.2, 0.25) is 0 Å². The normalized spacial score (nSPS) is 16.2. The number of benzene rings is 1. The Kier molecular flexibility index (Phi) is 5.23. The van der Waals surface area contributed by atoms with Crippen LogP contribution in [0.1, 0.15) is 36.8 Å². The van der Waals surface area contributed by atoms with E-state index in [1.807, 2.05) is 0 Å². The second-order valence-corrected chi connectivity index (χ2v) is 5.75. The van der Waals surface area contributed by atoms with Crippen LogP contribution >= 0.6 is 0 Å². The van der Waals surface area contributed by atoms with Crippen LogP contribution in [0.25, 0.3) is 0 Å². The van der Waals surface area contributed by atoms with Gasteiger partial charge in [-0.1, -0.05) is 25.0 Å². The van der Waals surface area contributed by atoms with Gasteiger partial charge in [0.2, 0.25) is 0 Å². The summed E-state index contributed by atoms with van der Waals surface area (Å²) < 4.78 is 5.52. The smallest absolute Gasteiger partial charge is 0.123 e. The molecule has 0 radical (unpaired) electrons. The molecule has 0 atom stereocenters. The minimum Gasteiger partial charge on any atom is -0.496 e. The van der Waals surface area contributed by atoms with Gasteiger partial charge < -0.3 is 15.0 Å². The maximum Gasteiger partial charge on any atom is 0.123 e. The van der Waals surface area contributed by atoms with E-state index in [1.54, 1.807) is 7.11 Å². The number of hydrogen-bond acceptors (Lipinski definition) is 3. The maximum atomic E-state index is 5.52. The first kappa shape index (κ1) is 14.4. The third-order valence-electron chi connectivity index (χ3n) is 3.79. The molecule has 0 heterocycles. The van der Waals surface area contributed by atoms with Crippen molar-refractivity contribution in [2.45, 2.75) is 44.8 Å². The molecule has 0 amide bonds. The van der Waals surface area contributed by atoms with E-state index in [1.165, 1.54) is 36.8 Å². The molecule has 1 saturated carbocycles. The summed E-state index contributed by atoms with van der Waals surface area (Å²) in [7, 11) is 5.93. The van der Waals surface area contributed by atoms with Crippen molar-refractivity contribution in [3.8, 4) is 5.75 Å². The van der Waals surface area contributed by atoms with E-state index in [0.717, 1.165) is 18.8 Å². The largest absolute Gasteiger partial charge is 0.496 e. The lowest BCUT2D eigenvalue weighted by Gasteiger charge is -2.16. The minimum absolute atomic E-state index is 0.700. The Morgan fingerprint density at radius 2 is 2.00 bits per heavy atom. The highest BCUT2D eigenvalue weighted by Gasteiger charge is 2.14. The zero-order chi connectivity index (χ0) is 13.7. The van der Waals surface area contributed by atoms with Crippen LogP contribution in [0, 0.1) is 0 Å². The van der Waals surface area contributed by atoms with Gasteiger partial charge in [0.15, 0.2) is 0 Å². The molecule has 1 aliphatic carbocycles. The number of ether oxygens (including phenoxy) is 1. The summed E-state index contributed by atoms with van der Waals surface area (Å²) in [6.07, 6.45) is 5.38. The van der Waals surface area contributed by atoms with E-state index < -0.39 is 0 Å². The fraction of sp³-hybridized carbons (Fsp3) is 0.625. The summed E-state index contributed by atoms with van der Waals surface area (Å²) in [6, 6.07) is 7.26.